The summed E-state index contributed by atoms with van der Waals surface area (Å²) in [5.41, 5.74) is 2.13. The zero-order valence-electron chi connectivity index (χ0n) is 11.8. The maximum Gasteiger partial charge on any atom is 0.210 e. The number of nitriles is 1. The van der Waals surface area contributed by atoms with E-state index in [1.165, 1.54) is 23.1 Å². The predicted octanol–water partition coefficient (Wildman–Crippen LogP) is 4.06. The normalized spacial score (nSPS) is 10.3. The third-order valence-electron chi connectivity index (χ3n) is 2.86. The van der Waals surface area contributed by atoms with Gasteiger partial charge in [0.1, 0.15) is 11.1 Å². The molecule has 0 fully saturated rings. The number of nitrogens with zero attached hydrogens (tertiary/aromatic N) is 5. The summed E-state index contributed by atoms with van der Waals surface area (Å²) in [5.74, 6) is 0. The van der Waals surface area contributed by atoms with Gasteiger partial charge >= 0.3 is 0 Å². The van der Waals surface area contributed by atoms with Gasteiger partial charge in [-0.3, -0.25) is 0 Å². The molecule has 2 aromatic heterocycles. The van der Waals surface area contributed by atoms with E-state index in [-0.39, 0.29) is 5.69 Å². The number of rotatable bonds is 4. The minimum absolute atomic E-state index is 0.283. The number of hydrogen-bond acceptors (Lipinski definition) is 8. The third kappa shape index (κ3) is 3.76. The van der Waals surface area contributed by atoms with Gasteiger partial charge in [0.2, 0.25) is 5.13 Å². The molecule has 1 aromatic carbocycles. The number of aromatic nitrogens is 4. The first-order chi connectivity index (χ1) is 11.2. The van der Waals surface area contributed by atoms with Crippen molar-refractivity contribution in [1.82, 2.24) is 20.4 Å². The lowest BCUT2D eigenvalue weighted by Gasteiger charge is -2.06. The van der Waals surface area contributed by atoms with Crippen molar-refractivity contribution in [3.63, 3.8) is 0 Å². The van der Waals surface area contributed by atoms with Crippen molar-refractivity contribution in [2.75, 3.05) is 5.32 Å². The van der Waals surface area contributed by atoms with E-state index in [1.807, 2.05) is 31.2 Å². The smallest absolute Gasteiger partial charge is 0.210 e. The Morgan fingerprint density at radius 3 is 2.78 bits per heavy atom. The number of nitrogens with one attached hydrogen (secondary N) is 1. The average molecular weight is 361 g/mol. The van der Waals surface area contributed by atoms with Crippen LogP contribution < -0.4 is 5.32 Å². The van der Waals surface area contributed by atoms with Crippen LogP contribution in [-0.4, -0.2) is 20.4 Å². The van der Waals surface area contributed by atoms with Gasteiger partial charge in [-0.05, 0) is 48.5 Å². The Labute approximate surface area is 145 Å². The summed E-state index contributed by atoms with van der Waals surface area (Å²) in [5, 5.41) is 29.9. The lowest BCUT2D eigenvalue weighted by molar-refractivity contribution is 0.912. The van der Waals surface area contributed by atoms with Gasteiger partial charge in [-0.2, -0.15) is 5.26 Å². The maximum absolute atomic E-state index is 8.71. The van der Waals surface area contributed by atoms with Gasteiger partial charge in [-0.15, -0.1) is 20.4 Å². The van der Waals surface area contributed by atoms with E-state index >= 15 is 0 Å². The fourth-order valence-corrected chi connectivity index (χ4v) is 3.49. The summed E-state index contributed by atoms with van der Waals surface area (Å²) < 4.78 is 0.728. The van der Waals surface area contributed by atoms with Gasteiger partial charge in [-0.25, -0.2) is 0 Å². The molecule has 0 spiro atoms. The molecule has 0 bridgehead atoms. The molecule has 0 saturated carbocycles. The third-order valence-corrected chi connectivity index (χ3v) is 5.09. The Kier molecular flexibility index (Phi) is 4.71. The quantitative estimate of drug-likeness (QED) is 0.750. The zero-order chi connectivity index (χ0) is 16.2. The Balaban J connectivity index is 1.72. The molecule has 114 valence electrons. The number of anilines is 2. The number of hydrogen-bond donors (Lipinski definition) is 1. The first kappa shape index (κ1) is 15.7. The van der Waals surface area contributed by atoms with Gasteiger partial charge in [0, 0.05) is 10.7 Å². The van der Waals surface area contributed by atoms with Crippen molar-refractivity contribution in [2.24, 2.45) is 0 Å². The van der Waals surface area contributed by atoms with E-state index in [4.69, 9.17) is 16.9 Å². The highest BCUT2D eigenvalue weighted by Crippen LogP contribution is 2.33. The Hall–Kier alpha value is -2.21. The van der Waals surface area contributed by atoms with Crippen molar-refractivity contribution in [3.05, 3.63) is 46.6 Å². The summed E-state index contributed by atoms with van der Waals surface area (Å²) in [4.78, 5) is 0. The summed E-state index contributed by atoms with van der Waals surface area (Å²) in [6, 6.07) is 10.9. The molecule has 9 heteroatoms. The second kappa shape index (κ2) is 6.91. The monoisotopic (exact) mass is 360 g/mol. The van der Waals surface area contributed by atoms with Crippen molar-refractivity contribution < 1.29 is 0 Å². The molecule has 3 rings (SSSR count). The van der Waals surface area contributed by atoms with Crippen LogP contribution in [0.15, 0.2) is 39.7 Å². The van der Waals surface area contributed by atoms with Gasteiger partial charge in [-0.1, -0.05) is 29.0 Å². The van der Waals surface area contributed by atoms with Gasteiger partial charge in [0.25, 0.3) is 0 Å². The molecule has 0 aliphatic rings. The molecule has 6 nitrogen and oxygen atoms in total. The first-order valence-electron chi connectivity index (χ1n) is 6.43. The van der Waals surface area contributed by atoms with Gasteiger partial charge in [0.05, 0.1) is 0 Å². The minimum atomic E-state index is 0.283. The van der Waals surface area contributed by atoms with Crippen LogP contribution in [-0.2, 0) is 0 Å². The van der Waals surface area contributed by atoms with Gasteiger partial charge < -0.3 is 5.32 Å². The summed E-state index contributed by atoms with van der Waals surface area (Å²) >= 11 is 8.84. The molecule has 0 saturated heterocycles. The number of halogens is 1. The molecule has 0 radical (unpaired) electrons. The topological polar surface area (TPSA) is 87.4 Å². The van der Waals surface area contributed by atoms with Crippen LogP contribution in [0.25, 0.3) is 0 Å². The van der Waals surface area contributed by atoms with Crippen molar-refractivity contribution in [3.8, 4) is 6.07 Å². The Morgan fingerprint density at radius 2 is 2.04 bits per heavy atom. The molecule has 0 unspecified atom stereocenters. The van der Waals surface area contributed by atoms with Crippen molar-refractivity contribution in [1.29, 1.82) is 5.26 Å². The molecule has 2 heterocycles. The number of benzene rings is 1. The highest BCUT2D eigenvalue weighted by molar-refractivity contribution is 8.01. The molecule has 3 aromatic rings. The SMILES string of the molecule is Cc1c(Cl)cccc1Nc1nnc(Sc2ccc(C#N)nn2)s1. The van der Waals surface area contributed by atoms with Crippen LogP contribution in [0.2, 0.25) is 5.02 Å². The highest BCUT2D eigenvalue weighted by Gasteiger charge is 2.09. The molecular weight excluding hydrogens is 352 g/mol. The maximum atomic E-state index is 8.71. The average Bonchev–Trinajstić information content (AvgIpc) is 3.00. The highest BCUT2D eigenvalue weighted by atomic mass is 35.5. The van der Waals surface area contributed by atoms with E-state index in [9.17, 15) is 0 Å². The second-order valence-electron chi connectivity index (χ2n) is 4.38. The molecule has 0 atom stereocenters. The van der Waals surface area contributed by atoms with Crippen LogP contribution in [0.1, 0.15) is 11.3 Å². The largest absolute Gasteiger partial charge is 0.330 e. The fraction of sp³-hybridized carbons (Fsp3) is 0.0714. The lowest BCUT2D eigenvalue weighted by Crippen LogP contribution is -1.92. The summed E-state index contributed by atoms with van der Waals surface area (Å²) in [7, 11) is 0. The molecule has 23 heavy (non-hydrogen) atoms. The summed E-state index contributed by atoms with van der Waals surface area (Å²) in [6.07, 6.45) is 0. The molecular formula is C14H9ClN6S2. The Morgan fingerprint density at radius 1 is 1.17 bits per heavy atom. The van der Waals surface area contributed by atoms with E-state index < -0.39 is 0 Å². The van der Waals surface area contributed by atoms with Crippen LogP contribution in [0.3, 0.4) is 0 Å². The van der Waals surface area contributed by atoms with Crippen LogP contribution in [0.5, 0.6) is 0 Å². The van der Waals surface area contributed by atoms with Crippen molar-refractivity contribution >= 4 is 45.5 Å². The molecule has 0 aliphatic heterocycles. The lowest BCUT2D eigenvalue weighted by atomic mass is 10.2. The Bertz CT molecular complexity index is 872. The van der Waals surface area contributed by atoms with E-state index in [2.05, 4.69) is 25.7 Å². The van der Waals surface area contributed by atoms with Crippen LogP contribution in [0.4, 0.5) is 10.8 Å². The van der Waals surface area contributed by atoms with Crippen LogP contribution in [0, 0.1) is 18.3 Å². The second-order valence-corrected chi connectivity index (χ2v) is 7.03. The van der Waals surface area contributed by atoms with Crippen molar-refractivity contribution in [2.45, 2.75) is 16.3 Å². The molecule has 0 aliphatic carbocycles. The molecule has 0 amide bonds. The zero-order valence-corrected chi connectivity index (χ0v) is 14.2. The van der Waals surface area contributed by atoms with Crippen LogP contribution >= 0.6 is 34.7 Å². The molecule has 1 N–H and O–H groups in total. The van der Waals surface area contributed by atoms with E-state index in [0.29, 0.717) is 15.2 Å². The summed E-state index contributed by atoms with van der Waals surface area (Å²) in [6.45, 7) is 1.94. The van der Waals surface area contributed by atoms with E-state index in [0.717, 1.165) is 15.6 Å². The minimum Gasteiger partial charge on any atom is -0.330 e. The predicted molar refractivity (Wildman–Crippen MR) is 90.3 cm³/mol. The van der Waals surface area contributed by atoms with E-state index in [1.54, 1.807) is 12.1 Å². The first-order valence-corrected chi connectivity index (χ1v) is 8.44. The fourth-order valence-electron chi connectivity index (χ4n) is 1.68. The van der Waals surface area contributed by atoms with Gasteiger partial charge in [0.15, 0.2) is 10.0 Å². The standard InChI is InChI=1S/C14H9ClN6S2/c1-8-10(15)3-2-4-11(8)17-13-20-21-14(23-13)22-12-6-5-9(7-16)18-19-12/h2-6H,1H3,(H,17,20).